The summed E-state index contributed by atoms with van der Waals surface area (Å²) in [4.78, 5) is 16.6. The lowest BCUT2D eigenvalue weighted by Gasteiger charge is -2.09. The number of hydrogen-bond acceptors (Lipinski definition) is 6. The molecular weight excluding hydrogens is 386 g/mol. The van der Waals surface area contributed by atoms with Crippen molar-refractivity contribution in [3.05, 3.63) is 60.0 Å². The Balaban J connectivity index is 1.69. The molecule has 2 N–H and O–H groups in total. The zero-order valence-electron chi connectivity index (χ0n) is 15.4. The molecule has 1 aromatic heterocycles. The lowest BCUT2D eigenvalue weighted by atomic mass is 10.2. The largest absolute Gasteiger partial charge is 0.504 e. The third-order valence-corrected chi connectivity index (χ3v) is 3.84. The fourth-order valence-electron chi connectivity index (χ4n) is 2.56. The Labute approximate surface area is 164 Å². The Kier molecular flexibility index (Phi) is 6.28. The van der Waals surface area contributed by atoms with Gasteiger partial charge in [0.2, 0.25) is 5.89 Å². The number of phenols is 1. The number of hydrogen-bond donors (Lipinski definition) is 2. The summed E-state index contributed by atoms with van der Waals surface area (Å²) in [5.74, 6) is -0.554. The Morgan fingerprint density at radius 3 is 2.79 bits per heavy atom. The summed E-state index contributed by atoms with van der Waals surface area (Å²) in [7, 11) is 0. The summed E-state index contributed by atoms with van der Waals surface area (Å²) in [6.45, 7) is -0.736. The van der Waals surface area contributed by atoms with Crippen molar-refractivity contribution in [3.63, 3.8) is 0 Å². The van der Waals surface area contributed by atoms with E-state index >= 15 is 0 Å². The zero-order chi connectivity index (χ0) is 20.8. The van der Waals surface area contributed by atoms with Crippen LogP contribution in [0.1, 0.15) is 23.0 Å². The van der Waals surface area contributed by atoms with E-state index in [0.717, 1.165) is 0 Å². The maximum atomic E-state index is 12.4. The molecule has 0 fully saturated rings. The molecule has 0 unspecified atom stereocenters. The van der Waals surface area contributed by atoms with Gasteiger partial charge in [0, 0.05) is 5.56 Å². The number of alkyl halides is 2. The average Bonchev–Trinajstić information content (AvgIpc) is 3.17. The molecule has 0 radical (unpaired) electrons. The molecule has 152 valence electrons. The summed E-state index contributed by atoms with van der Waals surface area (Å²) in [6.07, 6.45) is 1.34. The first-order valence-corrected chi connectivity index (χ1v) is 8.70. The van der Waals surface area contributed by atoms with E-state index in [0.29, 0.717) is 29.2 Å². The molecule has 0 aliphatic carbocycles. The first-order chi connectivity index (χ1) is 14.0. The van der Waals surface area contributed by atoms with Gasteiger partial charge in [-0.05, 0) is 37.3 Å². The summed E-state index contributed by atoms with van der Waals surface area (Å²) in [5.41, 5.74) is 1.15. The van der Waals surface area contributed by atoms with E-state index in [1.165, 1.54) is 24.5 Å². The van der Waals surface area contributed by atoms with Crippen LogP contribution < -0.4 is 14.8 Å². The van der Waals surface area contributed by atoms with Crippen LogP contribution in [0.2, 0.25) is 0 Å². The quantitative estimate of drug-likeness (QED) is 0.590. The molecular formula is C20H18F2N2O5. The van der Waals surface area contributed by atoms with E-state index in [4.69, 9.17) is 9.15 Å². The van der Waals surface area contributed by atoms with Crippen molar-refractivity contribution < 1.29 is 32.6 Å². The summed E-state index contributed by atoms with van der Waals surface area (Å²) < 4.78 is 39.9. The molecule has 2 aromatic carbocycles. The number of para-hydroxylation sites is 1. The molecule has 1 heterocycles. The van der Waals surface area contributed by atoms with Gasteiger partial charge in [-0.15, -0.1) is 0 Å². The van der Waals surface area contributed by atoms with Gasteiger partial charge in [0.05, 0.1) is 24.4 Å². The Morgan fingerprint density at radius 2 is 2.03 bits per heavy atom. The van der Waals surface area contributed by atoms with Crippen molar-refractivity contribution in [2.24, 2.45) is 0 Å². The van der Waals surface area contributed by atoms with E-state index in [1.807, 2.05) is 6.92 Å². The fraction of sp³-hybridized carbons (Fsp3) is 0.200. The minimum absolute atomic E-state index is 0.0846. The van der Waals surface area contributed by atoms with Crippen LogP contribution in [0.5, 0.6) is 17.2 Å². The van der Waals surface area contributed by atoms with E-state index in [-0.39, 0.29) is 18.3 Å². The number of ether oxygens (including phenoxy) is 2. The Bertz CT molecular complexity index is 991. The monoisotopic (exact) mass is 404 g/mol. The second kappa shape index (κ2) is 9.05. The van der Waals surface area contributed by atoms with Gasteiger partial charge in [-0.25, -0.2) is 4.98 Å². The van der Waals surface area contributed by atoms with Crippen LogP contribution in [0, 0.1) is 0 Å². The number of oxazole rings is 1. The zero-order valence-corrected chi connectivity index (χ0v) is 15.4. The van der Waals surface area contributed by atoms with Crippen LogP contribution in [-0.4, -0.2) is 29.2 Å². The van der Waals surface area contributed by atoms with Gasteiger partial charge >= 0.3 is 6.61 Å². The van der Waals surface area contributed by atoms with Crippen LogP contribution >= 0.6 is 0 Å². The first kappa shape index (κ1) is 20.1. The van der Waals surface area contributed by atoms with Gasteiger partial charge in [-0.1, -0.05) is 12.1 Å². The molecule has 1 amide bonds. The number of nitrogens with zero attached hydrogens (tertiary/aromatic N) is 1. The average molecular weight is 404 g/mol. The standard InChI is InChI=1S/C20H18F2N2O5/c1-2-27-16-6-4-3-5-14(16)18(26)23-10-13-11-28-19(24-13)12-7-8-15(25)17(9-12)29-20(21)22/h3-9,11,20,25H,2,10H2,1H3,(H,23,26). The van der Waals surface area contributed by atoms with Crippen molar-refractivity contribution >= 4 is 5.91 Å². The van der Waals surface area contributed by atoms with Crippen molar-refractivity contribution in [2.45, 2.75) is 20.1 Å². The van der Waals surface area contributed by atoms with Crippen molar-refractivity contribution in [1.82, 2.24) is 10.3 Å². The topological polar surface area (TPSA) is 93.8 Å². The summed E-state index contributed by atoms with van der Waals surface area (Å²) in [5, 5.41) is 12.3. The normalized spacial score (nSPS) is 10.8. The van der Waals surface area contributed by atoms with Crippen LogP contribution in [0.25, 0.3) is 11.5 Å². The maximum absolute atomic E-state index is 12.4. The second-order valence-electron chi connectivity index (χ2n) is 5.82. The highest BCUT2D eigenvalue weighted by atomic mass is 19.3. The third kappa shape index (κ3) is 5.01. The summed E-state index contributed by atoms with van der Waals surface area (Å²) in [6, 6.07) is 10.7. The molecule has 29 heavy (non-hydrogen) atoms. The van der Waals surface area contributed by atoms with Gasteiger partial charge < -0.3 is 24.3 Å². The van der Waals surface area contributed by atoms with E-state index in [9.17, 15) is 18.7 Å². The van der Waals surface area contributed by atoms with E-state index in [2.05, 4.69) is 15.0 Å². The number of halogens is 2. The number of phenolic OH excluding ortho intramolecular Hbond substituents is 1. The number of nitrogens with one attached hydrogen (secondary N) is 1. The molecule has 0 saturated heterocycles. The van der Waals surface area contributed by atoms with Crippen LogP contribution in [0.3, 0.4) is 0 Å². The minimum atomic E-state index is -3.08. The molecule has 0 bridgehead atoms. The third-order valence-electron chi connectivity index (χ3n) is 3.84. The highest BCUT2D eigenvalue weighted by Crippen LogP contribution is 2.32. The van der Waals surface area contributed by atoms with Crippen molar-refractivity contribution in [2.75, 3.05) is 6.61 Å². The van der Waals surface area contributed by atoms with Crippen LogP contribution in [0.4, 0.5) is 8.78 Å². The number of aromatic nitrogens is 1. The Hall–Kier alpha value is -3.62. The predicted octanol–water partition coefficient (Wildman–Crippen LogP) is 3.98. The number of carbonyl (C=O) groups is 1. The lowest BCUT2D eigenvalue weighted by Crippen LogP contribution is -2.23. The van der Waals surface area contributed by atoms with Gasteiger partial charge in [-0.3, -0.25) is 4.79 Å². The number of carbonyl (C=O) groups excluding carboxylic acids is 1. The minimum Gasteiger partial charge on any atom is -0.504 e. The number of amides is 1. The number of aromatic hydroxyl groups is 1. The summed E-state index contributed by atoms with van der Waals surface area (Å²) >= 11 is 0. The molecule has 9 heteroatoms. The van der Waals surface area contributed by atoms with Crippen LogP contribution in [-0.2, 0) is 6.54 Å². The molecule has 0 atom stereocenters. The first-order valence-electron chi connectivity index (χ1n) is 8.70. The Morgan fingerprint density at radius 1 is 1.24 bits per heavy atom. The fourth-order valence-corrected chi connectivity index (χ4v) is 2.56. The van der Waals surface area contributed by atoms with E-state index < -0.39 is 18.1 Å². The molecule has 0 saturated carbocycles. The lowest BCUT2D eigenvalue weighted by molar-refractivity contribution is -0.0512. The second-order valence-corrected chi connectivity index (χ2v) is 5.82. The molecule has 7 nitrogen and oxygen atoms in total. The van der Waals surface area contributed by atoms with Crippen molar-refractivity contribution in [1.29, 1.82) is 0 Å². The van der Waals surface area contributed by atoms with Crippen LogP contribution in [0.15, 0.2) is 53.1 Å². The molecule has 0 aliphatic heterocycles. The molecule has 3 rings (SSSR count). The highest BCUT2D eigenvalue weighted by molar-refractivity contribution is 5.96. The van der Waals surface area contributed by atoms with Gasteiger partial charge in [-0.2, -0.15) is 8.78 Å². The molecule has 0 aliphatic rings. The SMILES string of the molecule is CCOc1ccccc1C(=O)NCc1coc(-c2ccc(O)c(OC(F)F)c2)n1. The molecule has 3 aromatic rings. The van der Waals surface area contributed by atoms with Crippen molar-refractivity contribution in [3.8, 4) is 28.7 Å². The highest BCUT2D eigenvalue weighted by Gasteiger charge is 2.15. The number of benzene rings is 2. The molecule has 0 spiro atoms. The number of rotatable bonds is 8. The van der Waals surface area contributed by atoms with E-state index in [1.54, 1.807) is 24.3 Å². The smallest absolute Gasteiger partial charge is 0.387 e. The van der Waals surface area contributed by atoms with Gasteiger partial charge in [0.15, 0.2) is 11.5 Å². The predicted molar refractivity (Wildman–Crippen MR) is 99.0 cm³/mol. The van der Waals surface area contributed by atoms with Gasteiger partial charge in [0.1, 0.15) is 12.0 Å². The van der Waals surface area contributed by atoms with Gasteiger partial charge in [0.25, 0.3) is 5.91 Å². The maximum Gasteiger partial charge on any atom is 0.387 e.